The molecule has 0 saturated carbocycles. The molecule has 114 valence electrons. The predicted octanol–water partition coefficient (Wildman–Crippen LogP) is -0.399. The molecule has 0 aromatic heterocycles. The summed E-state index contributed by atoms with van der Waals surface area (Å²) in [5.41, 5.74) is 4.46. The maximum atomic E-state index is 12.4. The average Bonchev–Trinajstić information content (AvgIpc) is 2.43. The van der Waals surface area contributed by atoms with Crippen LogP contribution in [0, 0.1) is 5.41 Å². The molecule has 0 bridgehead atoms. The van der Waals surface area contributed by atoms with Gasteiger partial charge in [0.1, 0.15) is 6.04 Å². The van der Waals surface area contributed by atoms with Gasteiger partial charge in [0.25, 0.3) is 0 Å². The van der Waals surface area contributed by atoms with Gasteiger partial charge in [-0.1, -0.05) is 6.92 Å². The highest BCUT2D eigenvalue weighted by Crippen LogP contribution is 2.30. The first kappa shape index (κ1) is 16.4. The third-order valence-corrected chi connectivity index (χ3v) is 3.91. The molecule has 7 nitrogen and oxygen atoms in total. The van der Waals surface area contributed by atoms with Crippen LogP contribution in [-0.2, 0) is 14.4 Å². The summed E-state index contributed by atoms with van der Waals surface area (Å²) in [6, 6.07) is -1.07. The van der Waals surface area contributed by atoms with Crippen LogP contribution in [0.25, 0.3) is 0 Å². The lowest BCUT2D eigenvalue weighted by molar-refractivity contribution is -0.144. The van der Waals surface area contributed by atoms with E-state index in [1.807, 2.05) is 6.92 Å². The van der Waals surface area contributed by atoms with Crippen LogP contribution < -0.4 is 16.4 Å². The van der Waals surface area contributed by atoms with Crippen molar-refractivity contribution >= 4 is 17.8 Å². The van der Waals surface area contributed by atoms with Crippen LogP contribution in [-0.4, -0.2) is 42.0 Å². The Hall–Kier alpha value is -1.63. The molecule has 1 rings (SSSR count). The normalized spacial score (nSPS) is 23.9. The highest BCUT2D eigenvalue weighted by Gasteiger charge is 2.39. The van der Waals surface area contributed by atoms with E-state index in [1.54, 1.807) is 0 Å². The number of hydrogen-bond donors (Lipinski definition) is 4. The number of rotatable bonds is 7. The van der Waals surface area contributed by atoms with Gasteiger partial charge in [-0.05, 0) is 32.2 Å². The van der Waals surface area contributed by atoms with E-state index < -0.39 is 23.3 Å². The van der Waals surface area contributed by atoms with Gasteiger partial charge in [0, 0.05) is 13.0 Å². The van der Waals surface area contributed by atoms with Crippen molar-refractivity contribution < 1.29 is 19.5 Å². The highest BCUT2D eigenvalue weighted by atomic mass is 16.4. The number of primary amides is 1. The summed E-state index contributed by atoms with van der Waals surface area (Å²) in [5.74, 6) is -1.98. The number of carbonyl (C=O) groups is 3. The number of aliphatic carboxylic acids is 1. The van der Waals surface area contributed by atoms with Crippen LogP contribution in [0.15, 0.2) is 0 Å². The standard InChI is InChI=1S/C13H23N3O4/c1-2-13(6-3-7-15-8-13)12(20)16-9(11(18)19)4-5-10(14)17/h9,15H,2-8H2,1H3,(H2,14,17)(H,16,20)(H,18,19)/t9-,13?/m0/s1. The molecule has 1 aliphatic rings. The quantitative estimate of drug-likeness (QED) is 0.507. The molecule has 1 unspecified atom stereocenters. The van der Waals surface area contributed by atoms with E-state index >= 15 is 0 Å². The summed E-state index contributed by atoms with van der Waals surface area (Å²) >= 11 is 0. The van der Waals surface area contributed by atoms with Crippen molar-refractivity contribution in [1.82, 2.24) is 10.6 Å². The molecule has 0 radical (unpaired) electrons. The molecular formula is C13H23N3O4. The van der Waals surface area contributed by atoms with Crippen molar-refractivity contribution in [3.8, 4) is 0 Å². The second-order valence-corrected chi connectivity index (χ2v) is 5.28. The minimum Gasteiger partial charge on any atom is -0.480 e. The molecule has 7 heteroatoms. The van der Waals surface area contributed by atoms with E-state index in [-0.39, 0.29) is 18.7 Å². The third kappa shape index (κ3) is 4.19. The number of carbonyl (C=O) groups excluding carboxylic acids is 2. The number of amides is 2. The van der Waals surface area contributed by atoms with E-state index in [9.17, 15) is 14.4 Å². The van der Waals surface area contributed by atoms with Crippen molar-refractivity contribution in [3.63, 3.8) is 0 Å². The van der Waals surface area contributed by atoms with E-state index in [0.29, 0.717) is 13.0 Å². The molecule has 2 amide bonds. The van der Waals surface area contributed by atoms with Gasteiger partial charge in [0.05, 0.1) is 5.41 Å². The fraction of sp³-hybridized carbons (Fsp3) is 0.769. The van der Waals surface area contributed by atoms with Gasteiger partial charge in [-0.3, -0.25) is 9.59 Å². The van der Waals surface area contributed by atoms with Gasteiger partial charge in [-0.15, -0.1) is 0 Å². The maximum Gasteiger partial charge on any atom is 0.326 e. The van der Waals surface area contributed by atoms with Crippen LogP contribution in [0.3, 0.4) is 0 Å². The first-order valence-corrected chi connectivity index (χ1v) is 6.94. The summed E-state index contributed by atoms with van der Waals surface area (Å²) in [7, 11) is 0. The molecule has 0 aliphatic carbocycles. The van der Waals surface area contributed by atoms with E-state index in [2.05, 4.69) is 10.6 Å². The summed E-state index contributed by atoms with van der Waals surface area (Å²) < 4.78 is 0. The second-order valence-electron chi connectivity index (χ2n) is 5.28. The molecule has 5 N–H and O–H groups in total. The van der Waals surface area contributed by atoms with Crippen molar-refractivity contribution in [3.05, 3.63) is 0 Å². The van der Waals surface area contributed by atoms with Gasteiger partial charge in [0.15, 0.2) is 0 Å². The van der Waals surface area contributed by atoms with Crippen molar-refractivity contribution in [2.75, 3.05) is 13.1 Å². The van der Waals surface area contributed by atoms with Crippen molar-refractivity contribution in [2.24, 2.45) is 11.1 Å². The topological polar surface area (TPSA) is 122 Å². The lowest BCUT2D eigenvalue weighted by atomic mass is 9.77. The third-order valence-electron chi connectivity index (χ3n) is 3.91. The fourth-order valence-electron chi connectivity index (χ4n) is 2.48. The molecule has 2 atom stereocenters. The maximum absolute atomic E-state index is 12.4. The fourth-order valence-corrected chi connectivity index (χ4v) is 2.48. The number of carboxylic acids is 1. The second kappa shape index (κ2) is 7.23. The molecule has 0 aromatic carbocycles. The highest BCUT2D eigenvalue weighted by molar-refractivity contribution is 5.88. The molecular weight excluding hydrogens is 262 g/mol. The molecule has 0 spiro atoms. The number of carboxylic acid groups (broad SMARTS) is 1. The van der Waals surface area contributed by atoms with Crippen LogP contribution in [0.4, 0.5) is 0 Å². The number of nitrogens with two attached hydrogens (primary N) is 1. The zero-order chi connectivity index (χ0) is 15.2. The number of hydrogen-bond acceptors (Lipinski definition) is 4. The Morgan fingerprint density at radius 3 is 2.60 bits per heavy atom. The lowest BCUT2D eigenvalue weighted by Gasteiger charge is -2.36. The first-order chi connectivity index (χ1) is 9.41. The van der Waals surface area contributed by atoms with E-state index in [4.69, 9.17) is 10.8 Å². The summed E-state index contributed by atoms with van der Waals surface area (Å²) in [4.78, 5) is 34.3. The summed E-state index contributed by atoms with van der Waals surface area (Å²) in [6.45, 7) is 3.35. The molecule has 0 aromatic rings. The zero-order valence-electron chi connectivity index (χ0n) is 11.8. The Kier molecular flexibility index (Phi) is 5.94. The molecule has 1 aliphatic heterocycles. The largest absolute Gasteiger partial charge is 0.480 e. The first-order valence-electron chi connectivity index (χ1n) is 6.94. The van der Waals surface area contributed by atoms with Crippen LogP contribution >= 0.6 is 0 Å². The smallest absolute Gasteiger partial charge is 0.326 e. The minimum absolute atomic E-state index is 0.0175. The molecule has 1 saturated heterocycles. The molecule has 1 fully saturated rings. The summed E-state index contributed by atoms with van der Waals surface area (Å²) in [5, 5.41) is 14.8. The Balaban J connectivity index is 2.68. The monoisotopic (exact) mass is 285 g/mol. The minimum atomic E-state index is -1.14. The zero-order valence-corrected chi connectivity index (χ0v) is 11.8. The van der Waals surface area contributed by atoms with Crippen LogP contribution in [0.5, 0.6) is 0 Å². The average molecular weight is 285 g/mol. The molecule has 1 heterocycles. The van der Waals surface area contributed by atoms with Gasteiger partial charge < -0.3 is 21.5 Å². The Morgan fingerprint density at radius 1 is 1.45 bits per heavy atom. The summed E-state index contributed by atoms with van der Waals surface area (Å²) in [6.07, 6.45) is 2.23. The molecule has 20 heavy (non-hydrogen) atoms. The van der Waals surface area contributed by atoms with Gasteiger partial charge >= 0.3 is 5.97 Å². The van der Waals surface area contributed by atoms with E-state index in [0.717, 1.165) is 19.4 Å². The van der Waals surface area contributed by atoms with Crippen molar-refractivity contribution in [2.45, 2.75) is 45.1 Å². The van der Waals surface area contributed by atoms with E-state index in [1.165, 1.54) is 0 Å². The Morgan fingerprint density at radius 2 is 2.15 bits per heavy atom. The van der Waals surface area contributed by atoms with Crippen molar-refractivity contribution in [1.29, 1.82) is 0 Å². The SMILES string of the molecule is CCC1(C(=O)N[C@@H](CCC(N)=O)C(=O)O)CCCNC1. The number of nitrogens with one attached hydrogen (secondary N) is 2. The Labute approximate surface area is 118 Å². The van der Waals surface area contributed by atoms with Crippen LogP contribution in [0.1, 0.15) is 39.0 Å². The van der Waals surface area contributed by atoms with Gasteiger partial charge in [-0.2, -0.15) is 0 Å². The predicted molar refractivity (Wildman–Crippen MR) is 72.8 cm³/mol. The van der Waals surface area contributed by atoms with Crippen LogP contribution in [0.2, 0.25) is 0 Å². The van der Waals surface area contributed by atoms with Gasteiger partial charge in [-0.25, -0.2) is 4.79 Å². The Bertz CT molecular complexity index is 378. The van der Waals surface area contributed by atoms with Gasteiger partial charge in [0.2, 0.25) is 11.8 Å². The lowest BCUT2D eigenvalue weighted by Crippen LogP contribution is -2.54. The number of piperidine rings is 1.